The van der Waals surface area contributed by atoms with Crippen molar-refractivity contribution in [2.75, 3.05) is 6.61 Å². The Kier molecular flexibility index (Phi) is 20.0. The van der Waals surface area contributed by atoms with Crippen molar-refractivity contribution < 1.29 is 28.1 Å². The van der Waals surface area contributed by atoms with Gasteiger partial charge in [-0.1, -0.05) is 72.6 Å². The summed E-state index contributed by atoms with van der Waals surface area (Å²) in [5, 5.41) is 8.94. The van der Waals surface area contributed by atoms with Gasteiger partial charge in [-0.15, -0.1) is 0 Å². The van der Waals surface area contributed by atoms with Crippen LogP contribution in [0.2, 0.25) is 0 Å². The molecule has 0 aliphatic carbocycles. The standard InChI is InChI=1S/C16H34O.H2O4S.H2O/c1-5-16(12-13-17)11-7-10-15(4)9-6-8-14(2)3;1-5(2,3)4;/h14-17H,5-13H2,1-4H3;(H2,1,2,3,4);1H2. The maximum atomic E-state index is 8.94. The lowest BCUT2D eigenvalue weighted by Gasteiger charge is -2.16. The Morgan fingerprint density at radius 1 is 0.870 bits per heavy atom. The molecule has 144 valence electrons. The molecule has 0 rings (SSSR count). The summed E-state index contributed by atoms with van der Waals surface area (Å²) in [4.78, 5) is 0. The summed E-state index contributed by atoms with van der Waals surface area (Å²) in [7, 11) is -4.67. The van der Waals surface area contributed by atoms with Crippen LogP contribution in [0.5, 0.6) is 0 Å². The van der Waals surface area contributed by atoms with Crippen LogP contribution in [0.4, 0.5) is 0 Å². The van der Waals surface area contributed by atoms with Crippen molar-refractivity contribution in [1.29, 1.82) is 0 Å². The van der Waals surface area contributed by atoms with E-state index in [4.69, 9.17) is 22.6 Å². The summed E-state index contributed by atoms with van der Waals surface area (Å²) >= 11 is 0. The van der Waals surface area contributed by atoms with Crippen molar-refractivity contribution in [3.63, 3.8) is 0 Å². The number of rotatable bonds is 11. The smallest absolute Gasteiger partial charge is 0.394 e. The van der Waals surface area contributed by atoms with Crippen LogP contribution in [0, 0.1) is 17.8 Å². The van der Waals surface area contributed by atoms with Gasteiger partial charge in [-0.25, -0.2) is 0 Å². The van der Waals surface area contributed by atoms with Crippen LogP contribution in [-0.4, -0.2) is 34.7 Å². The van der Waals surface area contributed by atoms with E-state index < -0.39 is 10.4 Å². The van der Waals surface area contributed by atoms with Gasteiger partial charge in [-0.2, -0.15) is 8.42 Å². The average molecular weight is 359 g/mol. The van der Waals surface area contributed by atoms with Gasteiger partial charge in [0.25, 0.3) is 0 Å². The largest absolute Gasteiger partial charge is 0.412 e. The van der Waals surface area contributed by atoms with Crippen LogP contribution in [0.1, 0.15) is 79.1 Å². The van der Waals surface area contributed by atoms with Crippen LogP contribution < -0.4 is 0 Å². The molecule has 2 unspecified atom stereocenters. The Hall–Kier alpha value is -0.210. The highest BCUT2D eigenvalue weighted by Crippen LogP contribution is 2.21. The van der Waals surface area contributed by atoms with Crippen LogP contribution in [-0.2, 0) is 10.4 Å². The summed E-state index contributed by atoms with van der Waals surface area (Å²) in [5.74, 6) is 2.50. The molecule has 0 spiro atoms. The van der Waals surface area contributed by atoms with Crippen molar-refractivity contribution >= 4 is 10.4 Å². The Morgan fingerprint density at radius 2 is 1.30 bits per heavy atom. The van der Waals surface area contributed by atoms with E-state index >= 15 is 0 Å². The minimum atomic E-state index is -4.67. The first-order valence-electron chi connectivity index (χ1n) is 8.40. The number of hydrogen-bond donors (Lipinski definition) is 3. The Balaban J connectivity index is -0.000000578. The molecule has 0 amide bonds. The molecule has 0 aliphatic rings. The predicted molar refractivity (Wildman–Crippen MR) is 95.0 cm³/mol. The first-order chi connectivity index (χ1) is 10.1. The van der Waals surface area contributed by atoms with E-state index in [0.717, 1.165) is 24.2 Å². The van der Waals surface area contributed by atoms with Gasteiger partial charge in [0.15, 0.2) is 0 Å². The van der Waals surface area contributed by atoms with Gasteiger partial charge in [-0.3, -0.25) is 9.11 Å². The van der Waals surface area contributed by atoms with E-state index in [9.17, 15) is 0 Å². The molecule has 23 heavy (non-hydrogen) atoms. The fraction of sp³-hybridized carbons (Fsp3) is 1.00. The fourth-order valence-electron chi connectivity index (χ4n) is 2.51. The molecule has 0 radical (unpaired) electrons. The highest BCUT2D eigenvalue weighted by molar-refractivity contribution is 7.79. The van der Waals surface area contributed by atoms with Crippen molar-refractivity contribution in [2.24, 2.45) is 17.8 Å². The molecule has 0 aromatic carbocycles. The van der Waals surface area contributed by atoms with Crippen molar-refractivity contribution in [3.8, 4) is 0 Å². The fourth-order valence-corrected chi connectivity index (χ4v) is 2.51. The Bertz CT molecular complexity index is 321. The lowest BCUT2D eigenvalue weighted by Crippen LogP contribution is -2.03. The predicted octanol–water partition coefficient (Wildman–Crippen LogP) is 3.55. The molecule has 7 heteroatoms. The van der Waals surface area contributed by atoms with E-state index in [-0.39, 0.29) is 5.48 Å². The van der Waals surface area contributed by atoms with E-state index in [2.05, 4.69) is 27.7 Å². The topological polar surface area (TPSA) is 126 Å². The molecular formula is C16H38O6S. The van der Waals surface area contributed by atoms with Gasteiger partial charge in [0.05, 0.1) is 0 Å². The lowest BCUT2D eigenvalue weighted by molar-refractivity contribution is 0.245. The van der Waals surface area contributed by atoms with Crippen LogP contribution in [0.15, 0.2) is 0 Å². The zero-order chi connectivity index (χ0) is 17.6. The maximum absolute atomic E-state index is 8.94. The van der Waals surface area contributed by atoms with E-state index in [1.54, 1.807) is 0 Å². The average Bonchev–Trinajstić information content (AvgIpc) is 2.35. The molecule has 5 N–H and O–H groups in total. The number of hydrogen-bond acceptors (Lipinski definition) is 3. The molecule has 0 saturated carbocycles. The van der Waals surface area contributed by atoms with Gasteiger partial charge in [0, 0.05) is 6.61 Å². The zero-order valence-corrected chi connectivity index (χ0v) is 16.0. The molecular weight excluding hydrogens is 320 g/mol. The second kappa shape index (κ2) is 16.6. The zero-order valence-electron chi connectivity index (χ0n) is 15.2. The van der Waals surface area contributed by atoms with E-state index in [1.807, 2.05) is 0 Å². The summed E-state index contributed by atoms with van der Waals surface area (Å²) in [6, 6.07) is 0. The summed E-state index contributed by atoms with van der Waals surface area (Å²) in [5.41, 5.74) is 0. The monoisotopic (exact) mass is 358 g/mol. The molecule has 0 aromatic heterocycles. The molecule has 0 aliphatic heterocycles. The number of aliphatic hydroxyl groups is 1. The SMILES string of the molecule is CCC(CCO)CCCC(C)CCCC(C)C.O.O=S(=O)(O)O. The molecule has 2 atom stereocenters. The van der Waals surface area contributed by atoms with E-state index in [0.29, 0.717) is 6.61 Å². The van der Waals surface area contributed by atoms with Crippen LogP contribution in [0.3, 0.4) is 0 Å². The second-order valence-corrected chi connectivity index (χ2v) is 7.49. The summed E-state index contributed by atoms with van der Waals surface area (Å²) < 4.78 is 31.6. The third kappa shape index (κ3) is 30.3. The molecule has 6 nitrogen and oxygen atoms in total. The normalized spacial score (nSPS) is 13.7. The lowest BCUT2D eigenvalue weighted by atomic mass is 9.91. The highest BCUT2D eigenvalue weighted by atomic mass is 32.3. The maximum Gasteiger partial charge on any atom is 0.394 e. The van der Waals surface area contributed by atoms with Crippen molar-refractivity contribution in [1.82, 2.24) is 0 Å². The third-order valence-electron chi connectivity index (χ3n) is 3.90. The third-order valence-corrected chi connectivity index (χ3v) is 3.90. The molecule has 0 aromatic rings. The molecule has 0 saturated heterocycles. The second-order valence-electron chi connectivity index (χ2n) is 6.60. The molecule has 0 heterocycles. The van der Waals surface area contributed by atoms with Gasteiger partial charge in [-0.05, 0) is 24.2 Å². The first kappa shape index (κ1) is 27.6. The first-order valence-corrected chi connectivity index (χ1v) is 9.80. The van der Waals surface area contributed by atoms with Crippen molar-refractivity contribution in [3.05, 3.63) is 0 Å². The van der Waals surface area contributed by atoms with Gasteiger partial charge in [0.2, 0.25) is 0 Å². The quantitative estimate of drug-likeness (QED) is 0.487. The Labute approximate surface area is 142 Å². The summed E-state index contributed by atoms with van der Waals surface area (Å²) in [6.45, 7) is 9.62. The molecule has 0 fully saturated rings. The van der Waals surface area contributed by atoms with Crippen molar-refractivity contribution in [2.45, 2.75) is 79.1 Å². The van der Waals surface area contributed by atoms with E-state index in [1.165, 1.54) is 44.9 Å². The van der Waals surface area contributed by atoms with Gasteiger partial charge >= 0.3 is 10.4 Å². The van der Waals surface area contributed by atoms with Gasteiger partial charge < -0.3 is 10.6 Å². The van der Waals surface area contributed by atoms with Crippen LogP contribution >= 0.6 is 0 Å². The minimum Gasteiger partial charge on any atom is -0.412 e. The Morgan fingerprint density at radius 3 is 1.65 bits per heavy atom. The summed E-state index contributed by atoms with van der Waals surface area (Å²) in [6.07, 6.45) is 10.4. The minimum absolute atomic E-state index is 0. The highest BCUT2D eigenvalue weighted by Gasteiger charge is 2.07. The van der Waals surface area contributed by atoms with Crippen LogP contribution in [0.25, 0.3) is 0 Å². The molecule has 0 bridgehead atoms. The number of aliphatic hydroxyl groups excluding tert-OH is 1. The van der Waals surface area contributed by atoms with Gasteiger partial charge in [0.1, 0.15) is 0 Å².